The molecule has 0 fully saturated rings. The molecule has 0 amide bonds. The van der Waals surface area contributed by atoms with Gasteiger partial charge in [-0.25, -0.2) is 15.0 Å². The second-order valence-electron chi connectivity index (χ2n) is 14.3. The minimum atomic E-state index is 0.566. The van der Waals surface area contributed by atoms with Crippen molar-refractivity contribution < 1.29 is 4.74 Å². The summed E-state index contributed by atoms with van der Waals surface area (Å²) in [6, 6.07) is 62.1. The van der Waals surface area contributed by atoms with Crippen LogP contribution in [0.4, 0.5) is 0 Å². The summed E-state index contributed by atoms with van der Waals surface area (Å²) in [4.78, 5) is 15.8. The monoisotopic (exact) mass is 699 g/mol. The summed E-state index contributed by atoms with van der Waals surface area (Å²) in [5, 5.41) is 13.9. The second-order valence-corrected chi connectivity index (χ2v) is 14.3. The first-order chi connectivity index (χ1) is 27.3. The molecule has 12 rings (SSSR count). The number of hydrogen-bond donors (Lipinski definition) is 0. The van der Waals surface area contributed by atoms with Crippen molar-refractivity contribution in [2.75, 3.05) is 0 Å². The molecular weight excluding hydrogens is 671 g/mol. The van der Waals surface area contributed by atoms with Gasteiger partial charge in [0.1, 0.15) is 11.5 Å². The molecule has 0 saturated carbocycles. The molecule has 1 aliphatic rings. The Morgan fingerprint density at radius 3 is 1.75 bits per heavy atom. The van der Waals surface area contributed by atoms with Crippen LogP contribution in [-0.4, -0.2) is 15.0 Å². The van der Waals surface area contributed by atoms with Crippen LogP contribution in [0.15, 0.2) is 176 Å². The zero-order valence-electron chi connectivity index (χ0n) is 29.5. The zero-order chi connectivity index (χ0) is 36.0. The molecule has 11 aromatic rings. The Morgan fingerprint density at radius 1 is 0.309 bits per heavy atom. The first-order valence-electron chi connectivity index (χ1n) is 18.6. The van der Waals surface area contributed by atoms with E-state index in [2.05, 4.69) is 158 Å². The SMILES string of the molecule is c1ccc(-c2nc(-c3ccc4ccc5ccc6cccc7c6c5c4c3O7)nc(-c3cc4ccccc4c4c(-c5cccc6ccccc56)cccc34)n2)cc1. The van der Waals surface area contributed by atoms with Crippen LogP contribution in [0.25, 0.3) is 110 Å². The van der Waals surface area contributed by atoms with Crippen molar-refractivity contribution in [3.8, 4) is 56.8 Å². The predicted molar refractivity (Wildman–Crippen MR) is 227 cm³/mol. The third-order valence-electron chi connectivity index (χ3n) is 11.2. The molecule has 1 aromatic heterocycles. The molecule has 2 heterocycles. The summed E-state index contributed by atoms with van der Waals surface area (Å²) in [5.41, 5.74) is 5.07. The van der Waals surface area contributed by atoms with E-state index in [0.29, 0.717) is 17.5 Å². The Labute approximate surface area is 316 Å². The smallest absolute Gasteiger partial charge is 0.167 e. The van der Waals surface area contributed by atoms with Gasteiger partial charge in [0.25, 0.3) is 0 Å². The minimum absolute atomic E-state index is 0.566. The van der Waals surface area contributed by atoms with Crippen molar-refractivity contribution in [1.29, 1.82) is 0 Å². The van der Waals surface area contributed by atoms with Crippen LogP contribution < -0.4 is 4.74 Å². The largest absolute Gasteiger partial charge is 0.455 e. The summed E-state index contributed by atoms with van der Waals surface area (Å²) < 4.78 is 6.89. The molecule has 0 radical (unpaired) electrons. The lowest BCUT2D eigenvalue weighted by molar-refractivity contribution is 0.494. The molecular formula is C51H29N3O. The number of rotatable bonds is 4. The van der Waals surface area contributed by atoms with Gasteiger partial charge in [-0.1, -0.05) is 158 Å². The lowest BCUT2D eigenvalue weighted by Gasteiger charge is -2.22. The molecule has 254 valence electrons. The van der Waals surface area contributed by atoms with E-state index in [1.807, 2.05) is 18.2 Å². The van der Waals surface area contributed by atoms with Crippen molar-refractivity contribution in [1.82, 2.24) is 15.0 Å². The van der Waals surface area contributed by atoms with E-state index in [1.54, 1.807) is 0 Å². The Balaban J connectivity index is 1.17. The Morgan fingerprint density at radius 2 is 0.891 bits per heavy atom. The number of ether oxygens (including phenoxy) is 1. The van der Waals surface area contributed by atoms with Crippen molar-refractivity contribution in [2.24, 2.45) is 0 Å². The lowest BCUT2D eigenvalue weighted by Crippen LogP contribution is -2.03. The van der Waals surface area contributed by atoms with Gasteiger partial charge in [-0.3, -0.25) is 0 Å². The van der Waals surface area contributed by atoms with Gasteiger partial charge in [0.2, 0.25) is 0 Å². The highest BCUT2D eigenvalue weighted by molar-refractivity contribution is 6.26. The molecule has 0 bridgehead atoms. The van der Waals surface area contributed by atoms with Gasteiger partial charge in [-0.15, -0.1) is 0 Å². The fraction of sp³-hybridized carbons (Fsp3) is 0. The average molecular weight is 700 g/mol. The van der Waals surface area contributed by atoms with Crippen LogP contribution in [0.3, 0.4) is 0 Å². The van der Waals surface area contributed by atoms with E-state index in [-0.39, 0.29) is 0 Å². The third kappa shape index (κ3) is 4.49. The summed E-state index contributed by atoms with van der Waals surface area (Å²) >= 11 is 0. The molecule has 10 aromatic carbocycles. The van der Waals surface area contributed by atoms with Crippen molar-refractivity contribution in [3.05, 3.63) is 176 Å². The Kier molecular flexibility index (Phi) is 6.31. The van der Waals surface area contributed by atoms with E-state index >= 15 is 0 Å². The van der Waals surface area contributed by atoms with Gasteiger partial charge in [0, 0.05) is 27.3 Å². The van der Waals surface area contributed by atoms with Crippen molar-refractivity contribution >= 4 is 64.6 Å². The van der Waals surface area contributed by atoms with E-state index in [0.717, 1.165) is 60.5 Å². The molecule has 1 aliphatic heterocycles. The number of benzene rings is 10. The van der Waals surface area contributed by atoms with Crippen LogP contribution in [0.1, 0.15) is 0 Å². The Hall–Kier alpha value is -7.43. The van der Waals surface area contributed by atoms with E-state index in [9.17, 15) is 0 Å². The quantitative estimate of drug-likeness (QED) is 0.172. The third-order valence-corrected chi connectivity index (χ3v) is 11.2. The van der Waals surface area contributed by atoms with E-state index in [4.69, 9.17) is 19.7 Å². The minimum Gasteiger partial charge on any atom is -0.455 e. The number of fused-ring (bicyclic) bond motifs is 4. The molecule has 4 heteroatoms. The normalized spacial score (nSPS) is 12.1. The lowest BCUT2D eigenvalue weighted by atomic mass is 9.89. The van der Waals surface area contributed by atoms with Crippen LogP contribution >= 0.6 is 0 Å². The molecule has 0 aliphatic carbocycles. The molecule has 55 heavy (non-hydrogen) atoms. The first kappa shape index (κ1) is 30.1. The standard InChI is InChI=1S/C51H29N3O/c1-2-12-34(13-3-1)49-52-50(41-28-27-33-26-25-32-24-23-31-16-9-22-43-44(31)45(32)46(33)48(41)55-43)54-51(53-49)42-29-35-14-5-7-18-37(35)47-39(20-10-21-40(42)47)38-19-8-15-30-11-4-6-17-36(30)38/h1-29H. The zero-order valence-corrected chi connectivity index (χ0v) is 29.5. The van der Waals surface area contributed by atoms with Crippen LogP contribution in [-0.2, 0) is 0 Å². The maximum Gasteiger partial charge on any atom is 0.167 e. The van der Waals surface area contributed by atoms with Gasteiger partial charge < -0.3 is 4.74 Å². The topological polar surface area (TPSA) is 47.9 Å². The van der Waals surface area contributed by atoms with E-state index in [1.165, 1.54) is 43.4 Å². The molecule has 0 spiro atoms. The summed E-state index contributed by atoms with van der Waals surface area (Å²) in [6.45, 7) is 0. The number of hydrogen-bond acceptors (Lipinski definition) is 4. The number of nitrogens with zero attached hydrogens (tertiary/aromatic N) is 3. The summed E-state index contributed by atoms with van der Waals surface area (Å²) in [7, 11) is 0. The maximum atomic E-state index is 6.89. The highest BCUT2D eigenvalue weighted by atomic mass is 16.5. The van der Waals surface area contributed by atoms with Crippen molar-refractivity contribution in [2.45, 2.75) is 0 Å². The molecule has 0 N–H and O–H groups in total. The fourth-order valence-corrected chi connectivity index (χ4v) is 8.77. The van der Waals surface area contributed by atoms with Crippen LogP contribution in [0.2, 0.25) is 0 Å². The molecule has 0 atom stereocenters. The van der Waals surface area contributed by atoms with Gasteiger partial charge in [-0.2, -0.15) is 0 Å². The molecule has 4 nitrogen and oxygen atoms in total. The first-order valence-corrected chi connectivity index (χ1v) is 18.6. The molecule has 0 saturated heterocycles. The van der Waals surface area contributed by atoms with Crippen LogP contribution in [0, 0.1) is 0 Å². The summed E-state index contributed by atoms with van der Waals surface area (Å²) in [6.07, 6.45) is 0. The maximum absolute atomic E-state index is 6.89. The Bertz CT molecular complexity index is 3400. The predicted octanol–water partition coefficient (Wildman–Crippen LogP) is 13.6. The second kappa shape index (κ2) is 11.5. The van der Waals surface area contributed by atoms with Crippen molar-refractivity contribution in [3.63, 3.8) is 0 Å². The number of aromatic nitrogens is 3. The van der Waals surface area contributed by atoms with Gasteiger partial charge in [0.15, 0.2) is 17.5 Å². The highest BCUT2D eigenvalue weighted by Gasteiger charge is 2.25. The van der Waals surface area contributed by atoms with Gasteiger partial charge in [0.05, 0.1) is 5.56 Å². The summed E-state index contributed by atoms with van der Waals surface area (Å²) in [5.74, 6) is 3.40. The average Bonchev–Trinajstić information content (AvgIpc) is 3.25. The van der Waals surface area contributed by atoms with E-state index < -0.39 is 0 Å². The van der Waals surface area contributed by atoms with Gasteiger partial charge in [-0.05, 0) is 77.8 Å². The molecule has 0 unspecified atom stereocenters. The van der Waals surface area contributed by atoms with Gasteiger partial charge >= 0.3 is 0 Å². The highest BCUT2D eigenvalue weighted by Crippen LogP contribution is 2.50. The fourth-order valence-electron chi connectivity index (χ4n) is 8.77. The van der Waals surface area contributed by atoms with Crippen LogP contribution in [0.5, 0.6) is 11.5 Å².